The summed E-state index contributed by atoms with van der Waals surface area (Å²) in [6.45, 7) is 0. The van der Waals surface area contributed by atoms with Crippen molar-refractivity contribution in [2.75, 3.05) is 0 Å². The summed E-state index contributed by atoms with van der Waals surface area (Å²) < 4.78 is 22.1. The second-order valence-electron chi connectivity index (χ2n) is 1.84. The quantitative estimate of drug-likeness (QED) is 0.755. The number of halogens is 1. The molecule has 0 atom stereocenters. The molecule has 1 aromatic heterocycles. The fourth-order valence-corrected chi connectivity index (χ4v) is 2.40. The second kappa shape index (κ2) is 3.03. The van der Waals surface area contributed by atoms with Gasteiger partial charge < -0.3 is 0 Å². The Labute approximate surface area is 78.0 Å². The molecule has 6 heteroatoms. The number of aromatic nitrogens is 1. The molecule has 1 aromatic rings. The summed E-state index contributed by atoms with van der Waals surface area (Å²) in [6.07, 6.45) is 1.39. The first-order valence-electron chi connectivity index (χ1n) is 2.65. The average molecular weight is 284 g/mol. The normalized spacial score (nSPS) is 11.5. The average Bonchev–Trinajstić information content (AvgIpc) is 1.86. The molecule has 1 rings (SSSR count). The third-order valence-electron chi connectivity index (χ3n) is 0.994. The van der Waals surface area contributed by atoms with Crippen LogP contribution in [0.1, 0.15) is 0 Å². The molecule has 4 nitrogen and oxygen atoms in total. The molecule has 0 spiro atoms. The van der Waals surface area contributed by atoms with Crippen LogP contribution in [-0.4, -0.2) is 13.4 Å². The van der Waals surface area contributed by atoms with Crippen molar-refractivity contribution >= 4 is 32.6 Å². The molecule has 60 valence electrons. The molecule has 0 aliphatic carbocycles. The number of hydrogen-bond donors (Lipinski definition) is 1. The molecule has 0 fully saturated rings. The van der Waals surface area contributed by atoms with Crippen molar-refractivity contribution in [2.24, 2.45) is 5.14 Å². The van der Waals surface area contributed by atoms with E-state index in [0.29, 0.717) is 3.57 Å². The number of nitrogens with zero attached hydrogens (tertiary/aromatic N) is 1. The Kier molecular flexibility index (Phi) is 2.45. The van der Waals surface area contributed by atoms with Crippen LogP contribution in [0.4, 0.5) is 0 Å². The monoisotopic (exact) mass is 284 g/mol. The fraction of sp³-hybridized carbons (Fsp3) is 0. The molecular formula is C5H5IN2O2S. The van der Waals surface area contributed by atoms with Gasteiger partial charge in [0.25, 0.3) is 10.0 Å². The molecule has 0 saturated carbocycles. The van der Waals surface area contributed by atoms with Crippen LogP contribution in [0.3, 0.4) is 0 Å². The van der Waals surface area contributed by atoms with Crippen molar-refractivity contribution in [1.29, 1.82) is 0 Å². The van der Waals surface area contributed by atoms with E-state index in [9.17, 15) is 8.42 Å². The minimum atomic E-state index is -3.65. The Hall–Kier alpha value is -0.210. The minimum Gasteiger partial charge on any atom is -0.243 e. The number of sulfonamides is 1. The first-order chi connectivity index (χ1) is 5.02. The topological polar surface area (TPSA) is 73.1 Å². The van der Waals surface area contributed by atoms with E-state index in [1.54, 1.807) is 12.1 Å². The molecule has 1 heterocycles. The van der Waals surface area contributed by atoms with Crippen LogP contribution in [0.15, 0.2) is 23.4 Å². The van der Waals surface area contributed by atoms with Gasteiger partial charge in [-0.15, -0.1) is 0 Å². The highest BCUT2D eigenvalue weighted by molar-refractivity contribution is 14.1. The van der Waals surface area contributed by atoms with E-state index in [-0.39, 0.29) is 5.03 Å². The van der Waals surface area contributed by atoms with Crippen LogP contribution in [-0.2, 0) is 10.0 Å². The molecular weight excluding hydrogens is 279 g/mol. The Morgan fingerprint density at radius 1 is 1.55 bits per heavy atom. The van der Waals surface area contributed by atoms with Crippen LogP contribution in [0, 0.1) is 3.57 Å². The number of primary sulfonamides is 1. The first-order valence-corrected chi connectivity index (χ1v) is 5.27. The summed E-state index contributed by atoms with van der Waals surface area (Å²) >= 11 is 1.86. The Morgan fingerprint density at radius 3 is 2.55 bits per heavy atom. The standard InChI is InChI=1S/C5H5IN2O2S/c6-4-2-1-3-8-5(4)11(7,9)10/h1-3H,(H2,7,9,10). The van der Waals surface area contributed by atoms with E-state index in [1.165, 1.54) is 6.20 Å². The maximum atomic E-state index is 10.8. The zero-order chi connectivity index (χ0) is 8.48. The molecule has 0 bridgehead atoms. The van der Waals surface area contributed by atoms with Gasteiger partial charge in [0.15, 0.2) is 5.03 Å². The fourth-order valence-electron chi connectivity index (χ4n) is 0.581. The maximum Gasteiger partial charge on any atom is 0.256 e. The summed E-state index contributed by atoms with van der Waals surface area (Å²) in [7, 11) is -3.65. The second-order valence-corrected chi connectivity index (χ2v) is 4.47. The van der Waals surface area contributed by atoms with Crippen molar-refractivity contribution in [3.63, 3.8) is 0 Å². The lowest BCUT2D eigenvalue weighted by molar-refractivity contribution is 0.593. The molecule has 0 aliphatic rings. The van der Waals surface area contributed by atoms with Crippen molar-refractivity contribution in [2.45, 2.75) is 5.03 Å². The number of rotatable bonds is 1. The summed E-state index contributed by atoms with van der Waals surface area (Å²) in [5.74, 6) is 0. The Morgan fingerprint density at radius 2 is 2.18 bits per heavy atom. The molecule has 0 amide bonds. The van der Waals surface area contributed by atoms with Gasteiger partial charge in [-0.25, -0.2) is 18.5 Å². The van der Waals surface area contributed by atoms with Gasteiger partial charge in [-0.1, -0.05) is 0 Å². The highest BCUT2D eigenvalue weighted by atomic mass is 127. The van der Waals surface area contributed by atoms with Gasteiger partial charge in [0.05, 0.1) is 3.57 Å². The van der Waals surface area contributed by atoms with Crippen LogP contribution in [0.2, 0.25) is 0 Å². The minimum absolute atomic E-state index is 0.0689. The van der Waals surface area contributed by atoms with Crippen LogP contribution < -0.4 is 5.14 Å². The van der Waals surface area contributed by atoms with Gasteiger partial charge in [-0.2, -0.15) is 0 Å². The molecule has 11 heavy (non-hydrogen) atoms. The number of nitrogens with two attached hydrogens (primary N) is 1. The van der Waals surface area contributed by atoms with Crippen molar-refractivity contribution < 1.29 is 8.42 Å². The number of pyridine rings is 1. The van der Waals surface area contributed by atoms with Crippen LogP contribution in [0.5, 0.6) is 0 Å². The number of hydrogen-bond acceptors (Lipinski definition) is 3. The van der Waals surface area contributed by atoms with Crippen molar-refractivity contribution in [1.82, 2.24) is 4.98 Å². The summed E-state index contributed by atoms with van der Waals surface area (Å²) in [6, 6.07) is 3.28. The van der Waals surface area contributed by atoms with Gasteiger partial charge in [-0.3, -0.25) is 0 Å². The van der Waals surface area contributed by atoms with Crippen LogP contribution >= 0.6 is 22.6 Å². The SMILES string of the molecule is NS(=O)(=O)c1ncccc1I. The molecule has 0 aliphatic heterocycles. The zero-order valence-corrected chi connectivity index (χ0v) is 8.33. The predicted molar refractivity (Wildman–Crippen MR) is 48.3 cm³/mol. The van der Waals surface area contributed by atoms with E-state index < -0.39 is 10.0 Å². The van der Waals surface area contributed by atoms with Gasteiger partial charge >= 0.3 is 0 Å². The zero-order valence-electron chi connectivity index (χ0n) is 5.36. The molecule has 0 aromatic carbocycles. The van der Waals surface area contributed by atoms with E-state index in [0.717, 1.165) is 0 Å². The lowest BCUT2D eigenvalue weighted by atomic mass is 10.5. The molecule has 0 radical (unpaired) electrons. The van der Waals surface area contributed by atoms with E-state index in [2.05, 4.69) is 4.98 Å². The first kappa shape index (κ1) is 8.88. The Bertz CT molecular complexity index is 363. The predicted octanol–water partition coefficient (Wildman–Crippen LogP) is 0.334. The lowest BCUT2D eigenvalue weighted by Crippen LogP contribution is -2.15. The highest BCUT2D eigenvalue weighted by Gasteiger charge is 2.12. The summed E-state index contributed by atoms with van der Waals surface area (Å²) in [4.78, 5) is 3.63. The third-order valence-corrected chi connectivity index (χ3v) is 3.10. The highest BCUT2D eigenvalue weighted by Crippen LogP contribution is 2.11. The molecule has 0 unspecified atom stereocenters. The third kappa shape index (κ3) is 2.11. The van der Waals surface area contributed by atoms with E-state index >= 15 is 0 Å². The Balaban J connectivity index is 3.37. The van der Waals surface area contributed by atoms with Gasteiger partial charge in [0, 0.05) is 6.20 Å². The van der Waals surface area contributed by atoms with Crippen molar-refractivity contribution in [3.05, 3.63) is 21.9 Å². The van der Waals surface area contributed by atoms with E-state index in [4.69, 9.17) is 5.14 Å². The summed E-state index contributed by atoms with van der Waals surface area (Å²) in [5, 5.41) is 4.79. The van der Waals surface area contributed by atoms with Gasteiger partial charge in [-0.05, 0) is 34.7 Å². The lowest BCUT2D eigenvalue weighted by Gasteiger charge is -1.97. The van der Waals surface area contributed by atoms with Crippen molar-refractivity contribution in [3.8, 4) is 0 Å². The van der Waals surface area contributed by atoms with Gasteiger partial charge in [0.2, 0.25) is 0 Å². The largest absolute Gasteiger partial charge is 0.256 e. The smallest absolute Gasteiger partial charge is 0.243 e. The molecule has 0 saturated heterocycles. The summed E-state index contributed by atoms with van der Waals surface area (Å²) in [5.41, 5.74) is 0. The van der Waals surface area contributed by atoms with Crippen LogP contribution in [0.25, 0.3) is 0 Å². The van der Waals surface area contributed by atoms with Gasteiger partial charge in [0.1, 0.15) is 0 Å². The van der Waals surface area contributed by atoms with E-state index in [1.807, 2.05) is 22.6 Å². The molecule has 2 N–H and O–H groups in total. The maximum absolute atomic E-state index is 10.8.